The van der Waals surface area contributed by atoms with E-state index in [0.29, 0.717) is 17.1 Å². The van der Waals surface area contributed by atoms with E-state index in [0.717, 1.165) is 0 Å². The van der Waals surface area contributed by atoms with Gasteiger partial charge in [0.15, 0.2) is 20.4 Å². The lowest BCUT2D eigenvalue weighted by atomic mass is 9.74. The van der Waals surface area contributed by atoms with Crippen LogP contribution in [-0.2, 0) is 19.4 Å². The molecular formula is C23H26FN3O5S. The first-order chi connectivity index (χ1) is 15.5. The maximum atomic E-state index is 14.4. The fourth-order valence-corrected chi connectivity index (χ4v) is 6.50. The number of nitrogens with zero attached hydrogens (tertiary/aromatic N) is 1. The van der Waals surface area contributed by atoms with Crippen molar-refractivity contribution in [1.29, 1.82) is 0 Å². The zero-order chi connectivity index (χ0) is 24.0. The number of halogens is 1. The van der Waals surface area contributed by atoms with Gasteiger partial charge in [-0.05, 0) is 57.5 Å². The van der Waals surface area contributed by atoms with E-state index >= 15 is 0 Å². The predicted octanol–water partition coefficient (Wildman–Crippen LogP) is 4.06. The smallest absolute Gasteiger partial charge is 0.253 e. The van der Waals surface area contributed by atoms with Crippen LogP contribution in [0.2, 0.25) is 0 Å². The molecule has 33 heavy (non-hydrogen) atoms. The van der Waals surface area contributed by atoms with E-state index in [4.69, 9.17) is 9.26 Å². The molecule has 4 rings (SSSR count). The van der Waals surface area contributed by atoms with E-state index < -0.39 is 37.8 Å². The normalized spacial score (nSPS) is 19.2. The average molecular weight is 476 g/mol. The Kier molecular flexibility index (Phi) is 5.60. The quantitative estimate of drug-likeness (QED) is 0.556. The van der Waals surface area contributed by atoms with E-state index in [1.807, 2.05) is 13.8 Å². The van der Waals surface area contributed by atoms with Crippen LogP contribution in [0.4, 0.5) is 10.2 Å². The molecule has 2 unspecified atom stereocenters. The van der Waals surface area contributed by atoms with Crippen LogP contribution < -0.4 is 10.1 Å². The van der Waals surface area contributed by atoms with Crippen LogP contribution in [0.3, 0.4) is 0 Å². The Morgan fingerprint density at radius 3 is 2.70 bits per heavy atom. The second-order valence-electron chi connectivity index (χ2n) is 8.80. The van der Waals surface area contributed by atoms with Crippen molar-refractivity contribution >= 4 is 21.6 Å². The van der Waals surface area contributed by atoms with Gasteiger partial charge in [0.2, 0.25) is 0 Å². The minimum Gasteiger partial charge on any atom is -0.488 e. The number of aromatic nitrogens is 2. The number of amides is 1. The zero-order valence-corrected chi connectivity index (χ0v) is 19.6. The maximum absolute atomic E-state index is 14.4. The van der Waals surface area contributed by atoms with Crippen molar-refractivity contribution in [2.24, 2.45) is 0 Å². The molecule has 0 fully saturated rings. The van der Waals surface area contributed by atoms with Crippen molar-refractivity contribution < 1.29 is 26.9 Å². The molecule has 2 N–H and O–H groups in total. The van der Waals surface area contributed by atoms with Gasteiger partial charge in [-0.15, -0.1) is 0 Å². The number of hydrogen-bond acceptors (Lipinski definition) is 6. The minimum atomic E-state index is -4.14. The Balaban J connectivity index is 2.02. The molecule has 3 heterocycles. The summed E-state index contributed by atoms with van der Waals surface area (Å²) in [5.74, 6) is -1.76. The third kappa shape index (κ3) is 3.82. The number of anilines is 1. The maximum Gasteiger partial charge on any atom is 0.253 e. The SMILES string of the molecule is CCS(=O)(=O)C(C(=O)Nc1cc(C)on1)(c1ccc[nH]1)C1CC(C)(C)Oc2ccc(F)cc21. The number of nitrogens with one attached hydrogen (secondary N) is 2. The molecule has 176 valence electrons. The molecule has 0 spiro atoms. The highest BCUT2D eigenvalue weighted by atomic mass is 32.2. The van der Waals surface area contributed by atoms with Gasteiger partial charge in [-0.2, -0.15) is 0 Å². The van der Waals surface area contributed by atoms with Crippen molar-refractivity contribution in [3.63, 3.8) is 0 Å². The summed E-state index contributed by atoms with van der Waals surface area (Å²) in [4.78, 5) is 17.0. The summed E-state index contributed by atoms with van der Waals surface area (Å²) in [6, 6.07) is 8.64. The number of H-pyrrole nitrogens is 1. The highest BCUT2D eigenvalue weighted by Gasteiger charge is 2.61. The van der Waals surface area contributed by atoms with E-state index in [2.05, 4.69) is 15.5 Å². The van der Waals surface area contributed by atoms with Crippen LogP contribution >= 0.6 is 0 Å². The van der Waals surface area contributed by atoms with Crippen LogP contribution in [0, 0.1) is 12.7 Å². The number of fused-ring (bicyclic) bond motifs is 1. The fraction of sp³-hybridized carbons (Fsp3) is 0.391. The second kappa shape index (κ2) is 8.02. The van der Waals surface area contributed by atoms with Gasteiger partial charge in [0, 0.05) is 35.2 Å². The predicted molar refractivity (Wildman–Crippen MR) is 120 cm³/mol. The average Bonchev–Trinajstić information content (AvgIpc) is 3.40. The van der Waals surface area contributed by atoms with Crippen LogP contribution in [-0.4, -0.2) is 35.8 Å². The van der Waals surface area contributed by atoms with Gasteiger partial charge < -0.3 is 19.6 Å². The van der Waals surface area contributed by atoms with Gasteiger partial charge in [0.05, 0.1) is 0 Å². The molecule has 0 radical (unpaired) electrons. The summed E-state index contributed by atoms with van der Waals surface area (Å²) in [5.41, 5.74) is -0.325. The van der Waals surface area contributed by atoms with Crippen molar-refractivity contribution in [1.82, 2.24) is 10.1 Å². The minimum absolute atomic E-state index is 0.0884. The molecule has 1 amide bonds. The molecule has 2 aromatic heterocycles. The second-order valence-corrected chi connectivity index (χ2v) is 11.3. The molecule has 10 heteroatoms. The molecule has 8 nitrogen and oxygen atoms in total. The summed E-state index contributed by atoms with van der Waals surface area (Å²) in [6.07, 6.45) is 1.70. The Bertz CT molecular complexity index is 1280. The number of ether oxygens (including phenoxy) is 1. The number of aryl methyl sites for hydroxylation is 1. The molecule has 1 aliphatic rings. The lowest BCUT2D eigenvalue weighted by Crippen LogP contribution is -2.55. The van der Waals surface area contributed by atoms with E-state index in [-0.39, 0.29) is 23.7 Å². The first-order valence-electron chi connectivity index (χ1n) is 10.6. The topological polar surface area (TPSA) is 114 Å². The first-order valence-corrected chi connectivity index (χ1v) is 12.2. The Morgan fingerprint density at radius 2 is 2.09 bits per heavy atom. The number of aromatic amines is 1. The third-order valence-electron chi connectivity index (χ3n) is 6.00. The molecular weight excluding hydrogens is 449 g/mol. The lowest BCUT2D eigenvalue weighted by Gasteiger charge is -2.45. The monoisotopic (exact) mass is 475 g/mol. The van der Waals surface area contributed by atoms with Crippen molar-refractivity contribution in [2.45, 2.75) is 50.4 Å². The molecule has 0 aliphatic carbocycles. The van der Waals surface area contributed by atoms with Crippen LogP contribution in [0.15, 0.2) is 47.1 Å². The Morgan fingerprint density at radius 1 is 1.33 bits per heavy atom. The van der Waals surface area contributed by atoms with Crippen molar-refractivity contribution in [2.75, 3.05) is 11.1 Å². The van der Waals surface area contributed by atoms with Gasteiger partial charge in [-0.25, -0.2) is 12.8 Å². The zero-order valence-electron chi connectivity index (χ0n) is 18.8. The lowest BCUT2D eigenvalue weighted by molar-refractivity contribution is -0.120. The molecule has 1 aliphatic heterocycles. The first kappa shape index (κ1) is 23.0. The van der Waals surface area contributed by atoms with E-state index in [9.17, 15) is 17.6 Å². The van der Waals surface area contributed by atoms with Gasteiger partial charge in [-0.3, -0.25) is 4.79 Å². The van der Waals surface area contributed by atoms with Crippen molar-refractivity contribution in [3.05, 3.63) is 65.4 Å². The number of benzene rings is 1. The van der Waals surface area contributed by atoms with Gasteiger partial charge in [-0.1, -0.05) is 12.1 Å². The van der Waals surface area contributed by atoms with E-state index in [1.165, 1.54) is 31.2 Å². The number of carbonyl (C=O) groups is 1. The van der Waals surface area contributed by atoms with E-state index in [1.54, 1.807) is 25.3 Å². The van der Waals surface area contributed by atoms with Crippen LogP contribution in [0.5, 0.6) is 5.75 Å². The van der Waals surface area contributed by atoms with Crippen molar-refractivity contribution in [3.8, 4) is 5.75 Å². The Hall–Kier alpha value is -3.14. The number of hydrogen-bond donors (Lipinski definition) is 2. The molecule has 2 atom stereocenters. The largest absolute Gasteiger partial charge is 0.488 e. The Labute approximate surface area is 191 Å². The van der Waals surface area contributed by atoms with Crippen LogP contribution in [0.1, 0.15) is 50.1 Å². The standard InChI is InChI=1S/C23H26FN3O5S/c1-5-33(29,30)23(19-7-6-10-25-19,21(28)26-20-11-14(2)32-27-20)17-13-22(3,4)31-18-9-8-15(24)12-16(17)18/h6-12,17,25H,5,13H2,1-4H3,(H,26,27,28). The van der Waals surface area contributed by atoms with Gasteiger partial charge in [0.25, 0.3) is 5.91 Å². The fourth-order valence-electron chi connectivity index (χ4n) is 4.61. The highest BCUT2D eigenvalue weighted by molar-refractivity contribution is 7.93. The summed E-state index contributed by atoms with van der Waals surface area (Å²) in [5, 5.41) is 6.42. The third-order valence-corrected chi connectivity index (χ3v) is 8.43. The highest BCUT2D eigenvalue weighted by Crippen LogP contribution is 2.53. The number of rotatable bonds is 6. The molecule has 0 saturated heterocycles. The number of carbonyl (C=O) groups excluding carboxylic acids is 1. The molecule has 1 aromatic carbocycles. The molecule has 0 saturated carbocycles. The van der Waals surface area contributed by atoms with Gasteiger partial charge in [0.1, 0.15) is 22.9 Å². The summed E-state index contributed by atoms with van der Waals surface area (Å²) >= 11 is 0. The summed E-state index contributed by atoms with van der Waals surface area (Å²) in [6.45, 7) is 6.76. The summed E-state index contributed by atoms with van der Waals surface area (Å²) < 4.78 is 51.2. The van der Waals surface area contributed by atoms with Crippen LogP contribution in [0.25, 0.3) is 0 Å². The number of sulfone groups is 1. The molecule has 3 aromatic rings. The van der Waals surface area contributed by atoms with Gasteiger partial charge >= 0.3 is 0 Å². The summed E-state index contributed by atoms with van der Waals surface area (Å²) in [7, 11) is -4.14. The molecule has 0 bridgehead atoms.